The minimum Gasteiger partial charge on any atom is -0.487 e. The summed E-state index contributed by atoms with van der Waals surface area (Å²) in [6.07, 6.45) is 2.19. The van der Waals surface area contributed by atoms with Gasteiger partial charge in [0.15, 0.2) is 0 Å². The van der Waals surface area contributed by atoms with Gasteiger partial charge in [-0.15, -0.1) is 0 Å². The second kappa shape index (κ2) is 4.93. The molecule has 100 valence electrons. The van der Waals surface area contributed by atoms with Gasteiger partial charge in [0.1, 0.15) is 11.4 Å². The molecule has 1 N–H and O–H groups in total. The molecule has 2 heteroatoms. The molecule has 2 rings (SSSR count). The first-order valence-corrected chi connectivity index (χ1v) is 6.96. The lowest BCUT2D eigenvalue weighted by Crippen LogP contribution is -2.24. The lowest BCUT2D eigenvalue weighted by Gasteiger charge is -2.23. The summed E-state index contributed by atoms with van der Waals surface area (Å²) >= 11 is 0. The summed E-state index contributed by atoms with van der Waals surface area (Å²) in [7, 11) is 2.05. The quantitative estimate of drug-likeness (QED) is 0.876. The van der Waals surface area contributed by atoms with Gasteiger partial charge in [-0.25, -0.2) is 0 Å². The Kier molecular flexibility index (Phi) is 3.67. The van der Waals surface area contributed by atoms with Gasteiger partial charge in [-0.3, -0.25) is 0 Å². The molecule has 0 radical (unpaired) electrons. The predicted molar refractivity (Wildman–Crippen MR) is 76.1 cm³/mol. The lowest BCUT2D eigenvalue weighted by molar-refractivity contribution is 0.138. The van der Waals surface area contributed by atoms with E-state index in [1.807, 2.05) is 7.05 Å². The summed E-state index contributed by atoms with van der Waals surface area (Å²) < 4.78 is 5.93. The summed E-state index contributed by atoms with van der Waals surface area (Å²) in [5, 5.41) is 3.44. The molecular formula is C16H25NO. The Morgan fingerprint density at radius 2 is 2.11 bits per heavy atom. The molecule has 18 heavy (non-hydrogen) atoms. The molecule has 0 saturated carbocycles. The molecule has 0 aromatic heterocycles. The van der Waals surface area contributed by atoms with Crippen LogP contribution in [0.2, 0.25) is 0 Å². The summed E-state index contributed by atoms with van der Waals surface area (Å²) in [5.74, 6) is 1.70. The summed E-state index contributed by atoms with van der Waals surface area (Å²) in [6, 6.07) is 7.08. The molecule has 2 nitrogen and oxygen atoms in total. The van der Waals surface area contributed by atoms with Crippen LogP contribution in [0.15, 0.2) is 18.2 Å². The van der Waals surface area contributed by atoms with Crippen LogP contribution in [0.4, 0.5) is 0 Å². The van der Waals surface area contributed by atoms with Crippen LogP contribution in [0.3, 0.4) is 0 Å². The molecule has 1 aromatic rings. The van der Waals surface area contributed by atoms with Gasteiger partial charge in [0, 0.05) is 12.5 Å². The maximum Gasteiger partial charge on any atom is 0.123 e. The summed E-state index contributed by atoms with van der Waals surface area (Å²) in [6.45, 7) is 8.84. The maximum atomic E-state index is 5.93. The van der Waals surface area contributed by atoms with E-state index in [-0.39, 0.29) is 5.60 Å². The maximum absolute atomic E-state index is 5.93. The van der Waals surface area contributed by atoms with Crippen molar-refractivity contribution in [3.8, 4) is 5.75 Å². The molecule has 0 aliphatic carbocycles. The molecule has 0 saturated heterocycles. The standard InChI is InChI=1S/C16H25NO/c1-6-11(2)15(17-5)12-7-8-14-13(9-12)10-16(3,4)18-14/h7-9,11,15,17H,6,10H2,1-5H3. The highest BCUT2D eigenvalue weighted by atomic mass is 16.5. The van der Waals surface area contributed by atoms with Crippen molar-refractivity contribution < 1.29 is 4.74 Å². The van der Waals surface area contributed by atoms with Crippen LogP contribution in [0.25, 0.3) is 0 Å². The zero-order valence-corrected chi connectivity index (χ0v) is 12.2. The Bertz CT molecular complexity index is 425. The molecule has 0 fully saturated rings. The van der Waals surface area contributed by atoms with E-state index in [1.165, 1.54) is 17.5 Å². The number of rotatable bonds is 4. The van der Waals surface area contributed by atoms with Crippen molar-refractivity contribution in [2.45, 2.75) is 52.2 Å². The predicted octanol–water partition coefficient (Wildman–Crippen LogP) is 3.71. The third-order valence-corrected chi connectivity index (χ3v) is 3.97. The van der Waals surface area contributed by atoms with Crippen molar-refractivity contribution in [2.24, 2.45) is 5.92 Å². The van der Waals surface area contributed by atoms with E-state index >= 15 is 0 Å². The molecule has 2 atom stereocenters. The molecular weight excluding hydrogens is 222 g/mol. The van der Waals surface area contributed by atoms with Crippen LogP contribution in [0.1, 0.15) is 51.3 Å². The fourth-order valence-corrected chi connectivity index (χ4v) is 2.84. The fourth-order valence-electron chi connectivity index (χ4n) is 2.84. The number of hydrogen-bond donors (Lipinski definition) is 1. The highest BCUT2D eigenvalue weighted by molar-refractivity contribution is 5.42. The average Bonchev–Trinajstić information content (AvgIpc) is 2.62. The van der Waals surface area contributed by atoms with E-state index in [0.29, 0.717) is 12.0 Å². The third kappa shape index (κ3) is 2.54. The van der Waals surface area contributed by atoms with Gasteiger partial charge >= 0.3 is 0 Å². The molecule has 1 aliphatic heterocycles. The lowest BCUT2D eigenvalue weighted by atomic mass is 9.90. The normalized spacial score (nSPS) is 20.1. The largest absolute Gasteiger partial charge is 0.487 e. The SMILES string of the molecule is CCC(C)C(NC)c1ccc2c(c1)CC(C)(C)O2. The van der Waals surface area contributed by atoms with Crippen molar-refractivity contribution in [3.63, 3.8) is 0 Å². The van der Waals surface area contributed by atoms with E-state index in [1.54, 1.807) is 0 Å². The number of fused-ring (bicyclic) bond motifs is 1. The highest BCUT2D eigenvalue weighted by Crippen LogP contribution is 2.37. The summed E-state index contributed by atoms with van der Waals surface area (Å²) in [5.41, 5.74) is 2.68. The van der Waals surface area contributed by atoms with Crippen molar-refractivity contribution in [1.82, 2.24) is 5.32 Å². The third-order valence-electron chi connectivity index (χ3n) is 3.97. The minimum absolute atomic E-state index is 0.0491. The number of benzene rings is 1. The molecule has 1 heterocycles. The Labute approximate surface area is 111 Å². The van der Waals surface area contributed by atoms with E-state index in [0.717, 1.165) is 12.2 Å². The molecule has 2 unspecified atom stereocenters. The van der Waals surface area contributed by atoms with Crippen LogP contribution >= 0.6 is 0 Å². The Balaban J connectivity index is 2.27. The van der Waals surface area contributed by atoms with Crippen LogP contribution < -0.4 is 10.1 Å². The van der Waals surface area contributed by atoms with Gasteiger partial charge in [0.05, 0.1) is 0 Å². The smallest absolute Gasteiger partial charge is 0.123 e. The molecule has 0 bridgehead atoms. The minimum atomic E-state index is -0.0491. The number of nitrogens with one attached hydrogen (secondary N) is 1. The van der Waals surface area contributed by atoms with Crippen molar-refractivity contribution >= 4 is 0 Å². The average molecular weight is 247 g/mol. The number of ether oxygens (including phenoxy) is 1. The fraction of sp³-hybridized carbons (Fsp3) is 0.625. The van der Waals surface area contributed by atoms with E-state index < -0.39 is 0 Å². The summed E-state index contributed by atoms with van der Waals surface area (Å²) in [4.78, 5) is 0. The molecule has 0 spiro atoms. The van der Waals surface area contributed by atoms with Gasteiger partial charge < -0.3 is 10.1 Å². The monoisotopic (exact) mass is 247 g/mol. The van der Waals surface area contributed by atoms with Crippen LogP contribution in [-0.2, 0) is 6.42 Å². The van der Waals surface area contributed by atoms with Crippen molar-refractivity contribution in [1.29, 1.82) is 0 Å². The highest BCUT2D eigenvalue weighted by Gasteiger charge is 2.30. The van der Waals surface area contributed by atoms with Crippen LogP contribution in [0.5, 0.6) is 5.75 Å². The Hall–Kier alpha value is -1.02. The van der Waals surface area contributed by atoms with Gasteiger partial charge in [0.25, 0.3) is 0 Å². The van der Waals surface area contributed by atoms with Gasteiger partial charge in [-0.2, -0.15) is 0 Å². The topological polar surface area (TPSA) is 21.3 Å². The zero-order valence-electron chi connectivity index (χ0n) is 12.2. The van der Waals surface area contributed by atoms with E-state index in [4.69, 9.17) is 4.74 Å². The molecule has 1 aliphatic rings. The van der Waals surface area contributed by atoms with Crippen molar-refractivity contribution in [2.75, 3.05) is 7.05 Å². The number of hydrogen-bond acceptors (Lipinski definition) is 2. The van der Waals surface area contributed by atoms with Crippen LogP contribution in [-0.4, -0.2) is 12.6 Å². The van der Waals surface area contributed by atoms with E-state index in [2.05, 4.69) is 51.2 Å². The first kappa shape index (κ1) is 13.4. The molecule has 0 amide bonds. The van der Waals surface area contributed by atoms with E-state index in [9.17, 15) is 0 Å². The van der Waals surface area contributed by atoms with Crippen LogP contribution in [0, 0.1) is 5.92 Å². The first-order chi connectivity index (χ1) is 8.46. The van der Waals surface area contributed by atoms with Crippen molar-refractivity contribution in [3.05, 3.63) is 29.3 Å². The van der Waals surface area contributed by atoms with Gasteiger partial charge in [-0.1, -0.05) is 32.4 Å². The Morgan fingerprint density at radius 3 is 2.72 bits per heavy atom. The second-order valence-electron chi connectivity index (χ2n) is 6.06. The van der Waals surface area contributed by atoms with Gasteiger partial charge in [-0.05, 0) is 44.0 Å². The zero-order chi connectivity index (χ0) is 13.3. The first-order valence-electron chi connectivity index (χ1n) is 6.96. The van der Waals surface area contributed by atoms with Gasteiger partial charge in [0.2, 0.25) is 0 Å². The second-order valence-corrected chi connectivity index (χ2v) is 6.06. The Morgan fingerprint density at radius 1 is 1.39 bits per heavy atom. The molecule has 1 aromatic carbocycles.